The molecule has 812 valence electrons. The van der Waals surface area contributed by atoms with Gasteiger partial charge < -0.3 is 89.0 Å². The number of phenolic OH excluding ortho intramolecular Hbond substituents is 3. The molecule has 6 aromatic rings. The predicted molar refractivity (Wildman–Crippen MR) is 542 cm³/mol. The number of carbonyl (C=O) groups excluding carboxylic acids is 9. The number of esters is 9. The molecule has 3 aromatic carbocycles. The van der Waals surface area contributed by atoms with Gasteiger partial charge in [-0.05, 0) is 197 Å². The predicted octanol–water partition coefficient (Wildman–Crippen LogP) is 10.8. The Hall–Kier alpha value is -5.71. The zero-order valence-corrected chi connectivity index (χ0v) is 101. The summed E-state index contributed by atoms with van der Waals surface area (Å²) in [5.41, 5.74) is 17.5. The second-order valence-electron chi connectivity index (χ2n) is 30.0. The van der Waals surface area contributed by atoms with Crippen molar-refractivity contribution in [3.8, 4) is 17.2 Å². The molecular weight excluding hydrogens is 2330 g/mol. The fraction of sp³-hybridized carbons (Fsp3) is 0.542. The number of nitrogens with zero attached hydrogens (tertiary/aromatic N) is 7. The summed E-state index contributed by atoms with van der Waals surface area (Å²) in [4.78, 5) is 132. The summed E-state index contributed by atoms with van der Waals surface area (Å²) >= 11 is 9.70. The van der Waals surface area contributed by atoms with Gasteiger partial charge in [-0.25, -0.2) is 53.1 Å². The van der Waals surface area contributed by atoms with Crippen LogP contribution in [0.25, 0.3) is 0 Å². The van der Waals surface area contributed by atoms with E-state index in [0.29, 0.717) is 52.1 Å². The fourth-order valence-electron chi connectivity index (χ4n) is 9.46. The summed E-state index contributed by atoms with van der Waals surface area (Å²) in [6.45, 7) is 37.9. The molecule has 6 rings (SSSR count). The van der Waals surface area contributed by atoms with Gasteiger partial charge in [0.2, 0.25) is 35.6 Å². The Labute approximate surface area is 914 Å². The monoisotopic (exact) mass is 2480 g/mol. The number of hydrogen-bond donors (Lipinski definition) is 15. The van der Waals surface area contributed by atoms with Crippen LogP contribution in [0.5, 0.6) is 17.2 Å². The Kier molecular flexibility index (Phi) is 82.1. The number of benzene rings is 3. The maximum Gasteiger partial charge on any atom is 0.323 e. The Morgan fingerprint density at radius 3 is 1.00 bits per heavy atom. The number of aromatic hydroxyl groups is 3. The number of nitrogens with one attached hydrogen (secondary N) is 7. The molecule has 0 saturated carbocycles. The van der Waals surface area contributed by atoms with Gasteiger partial charge in [0.1, 0.15) is 78.5 Å². The van der Waals surface area contributed by atoms with E-state index in [9.17, 15) is 94.8 Å². The SMILES string of the molecule is CCCOC(=O)C(Cc1ccc(O)cc1)NP(C)(=O)O.CCCOC(=O)C(Cc1ccc(O)cc1)NP(C)(=O)n1ccnc1.CCCOC(=O)C(N)Cc1ccc(O)cc1.CCOC(=O)C(C)NC.CCOC(=O)C(C)NP(C)(=O)N(C)C(C)C(=O)OCC.CCOC(=O)C(C)NP(C)(=O)n1ccnc1.CCOC(=O)[CH-]NP(C)(=O)N[CH-]C(=O)OCC.CP(=O)(Cl)Cl.CP(=O)(O)n1ccnc1.CP(N)(N)=O.[Pr].[Pr]. The number of carbonyl (C=O) groups is 9. The van der Waals surface area contributed by atoms with E-state index in [1.165, 1.54) is 120 Å². The zero-order chi connectivity index (χ0) is 109. The van der Waals surface area contributed by atoms with Gasteiger partial charge in [0.25, 0.3) is 15.0 Å². The third-order valence-electron chi connectivity index (χ3n) is 16.4. The third-order valence-corrected chi connectivity index (χ3v) is 25.8. The molecule has 0 bridgehead atoms. The Morgan fingerprint density at radius 2 is 0.713 bits per heavy atom. The summed E-state index contributed by atoms with van der Waals surface area (Å²) in [5.74, 6) is -6.42. The van der Waals surface area contributed by atoms with Crippen LogP contribution >= 0.6 is 80.6 Å². The minimum Gasteiger partial charge on any atom is -0.508 e. The van der Waals surface area contributed by atoms with Crippen LogP contribution in [-0.4, -0.2) is 281 Å². The van der Waals surface area contributed by atoms with Gasteiger partial charge in [-0.15, -0.1) is 0 Å². The number of hydrogen-bond acceptors (Lipinski definition) is 34. The van der Waals surface area contributed by atoms with Crippen molar-refractivity contribution in [2.24, 2.45) is 16.7 Å². The zero-order valence-electron chi connectivity index (χ0n) is 85.1. The molecule has 12 unspecified atom stereocenters. The van der Waals surface area contributed by atoms with Gasteiger partial charge in [-0.1, -0.05) is 57.2 Å². The van der Waals surface area contributed by atoms with Crippen LogP contribution in [0.3, 0.4) is 0 Å². The van der Waals surface area contributed by atoms with Crippen LogP contribution < -0.4 is 52.6 Å². The molecular formula is C83H147Cl2N17O31P8Pr2-2. The summed E-state index contributed by atoms with van der Waals surface area (Å²) in [6, 6.07) is 14.9. The molecule has 12 atom stereocenters. The number of likely N-dealkylation sites (N-methyl/N-ethyl adjacent to an activating group) is 2. The van der Waals surface area contributed by atoms with Gasteiger partial charge in [-0.3, -0.25) is 104 Å². The molecule has 0 saturated heterocycles. The molecule has 0 amide bonds. The average molecular weight is 2480 g/mol. The first-order valence-electron chi connectivity index (χ1n) is 43.6. The topological polar surface area (TPSA) is 693 Å². The van der Waals surface area contributed by atoms with Crippen molar-refractivity contribution in [3.05, 3.63) is 159 Å². The van der Waals surface area contributed by atoms with Crippen LogP contribution in [0, 0.1) is 95.7 Å². The first-order chi connectivity index (χ1) is 65.2. The molecule has 143 heavy (non-hydrogen) atoms. The van der Waals surface area contributed by atoms with Crippen LogP contribution in [-0.2, 0) is 142 Å². The number of rotatable bonds is 45. The van der Waals surface area contributed by atoms with E-state index in [2.05, 4.69) is 71.3 Å². The van der Waals surface area contributed by atoms with Crippen molar-refractivity contribution in [2.75, 3.05) is 127 Å². The van der Waals surface area contributed by atoms with E-state index in [1.54, 1.807) is 156 Å². The van der Waals surface area contributed by atoms with Crippen LogP contribution in [0.15, 0.2) is 129 Å². The van der Waals surface area contributed by atoms with Crippen LogP contribution in [0.2, 0.25) is 0 Å². The molecule has 60 heteroatoms. The first kappa shape index (κ1) is 148. The second-order valence-corrected chi connectivity index (χ2v) is 52.1. The van der Waals surface area contributed by atoms with E-state index >= 15 is 0 Å². The largest absolute Gasteiger partial charge is 0.508 e. The van der Waals surface area contributed by atoms with Gasteiger partial charge in [0.05, 0.1) is 59.5 Å². The third kappa shape index (κ3) is 78.2. The molecule has 18 N–H and O–H groups in total. The maximum atomic E-state index is 12.9. The van der Waals surface area contributed by atoms with E-state index in [1.807, 2.05) is 20.8 Å². The Morgan fingerprint density at radius 1 is 0.427 bits per heavy atom. The maximum absolute atomic E-state index is 12.9. The molecule has 0 aliphatic carbocycles. The summed E-state index contributed by atoms with van der Waals surface area (Å²) < 4.78 is 140. The quantitative estimate of drug-likeness (QED) is 0.00731. The molecule has 3 aromatic heterocycles. The number of imidazole rings is 3. The number of ether oxygens (including phenoxy) is 9. The van der Waals surface area contributed by atoms with E-state index in [4.69, 9.17) is 71.4 Å². The number of phenols is 3. The summed E-state index contributed by atoms with van der Waals surface area (Å²) in [6.07, 6.45) is 16.5. The normalized spacial score (nSPS) is 14.2. The van der Waals surface area contributed by atoms with Crippen molar-refractivity contribution in [1.82, 2.24) is 68.5 Å². The molecule has 0 spiro atoms. The molecule has 0 fully saturated rings. The van der Waals surface area contributed by atoms with Gasteiger partial charge >= 0.3 is 41.8 Å². The van der Waals surface area contributed by atoms with Crippen molar-refractivity contribution in [3.63, 3.8) is 0 Å². The molecule has 2 radical (unpaired) electrons. The van der Waals surface area contributed by atoms with Gasteiger partial charge in [0, 0.05) is 173 Å². The number of nitrogens with two attached hydrogens (primary N) is 3. The summed E-state index contributed by atoms with van der Waals surface area (Å²) in [5, 5.41) is 45.9. The van der Waals surface area contributed by atoms with Crippen LogP contribution in [0.4, 0.5) is 0 Å². The number of aromatic nitrogens is 6. The van der Waals surface area contributed by atoms with Crippen molar-refractivity contribution >= 4 is 134 Å². The minimum atomic E-state index is -3.55. The van der Waals surface area contributed by atoms with Gasteiger partial charge in [-0.2, -0.15) is 0 Å². The Balaban J connectivity index is -0.000000374. The van der Waals surface area contributed by atoms with E-state index < -0.39 is 136 Å². The minimum absolute atomic E-state index is 0. The van der Waals surface area contributed by atoms with E-state index in [0.717, 1.165) is 42.9 Å². The van der Waals surface area contributed by atoms with E-state index in [-0.39, 0.29) is 157 Å². The first-order valence-corrected chi connectivity index (χ1v) is 62.5. The van der Waals surface area contributed by atoms with Crippen LogP contribution in [0.1, 0.15) is 126 Å². The fourth-order valence-corrected chi connectivity index (χ4v) is 16.3. The van der Waals surface area contributed by atoms with Crippen molar-refractivity contribution < 1.29 is 230 Å². The van der Waals surface area contributed by atoms with Crippen molar-refractivity contribution in [1.29, 1.82) is 0 Å². The average Bonchev–Trinajstić information content (AvgIpc) is 1.68. The summed E-state index contributed by atoms with van der Waals surface area (Å²) in [7, 11) is -18.0. The Bertz CT molecular complexity index is 4920. The second kappa shape index (κ2) is 79.4. The molecule has 48 nitrogen and oxygen atoms in total. The number of halogens is 2. The van der Waals surface area contributed by atoms with Crippen molar-refractivity contribution in [2.45, 2.75) is 171 Å². The smallest absolute Gasteiger partial charge is 0.323 e. The van der Waals surface area contributed by atoms with Gasteiger partial charge in [0.15, 0.2) is 19.4 Å². The molecule has 0 aliphatic rings. The molecule has 0 aliphatic heterocycles. The molecule has 3 heterocycles. The standard InChI is InChI=1S/C16H22N3O4P.C13H20NO5P.C12H25N2O5P.C12H17NO3.C9H16N3O3P.C9H17N2O5P.C6H13NO2.C4H7N2O2P.CH3Cl2OP.CH7N2OP.2Pr/c1-3-10-23-16(21)15(11-13-4-6-14(20)7-5-13)18-24(2,22)19-9-8-17-12-19;1-3-8-19-13(16)12(14-20(2,17)18)9-10-4-6-11(15)7-5-10;1-7-18-11(15)9(3)13-20(6,17)14(5)10(4)12(16)19-8-2;1-2-7-16-12(15)11(13)8-9-3-5-10(14)6-4-9;1-4-15-9(13)8(2)11-16(3,14)12-6-5-10-7-12;1-4-15-8(12)6-10-17(3,14)11-7-9(13)16-5-2;1-4-9-6(8)5(2)7-3;1-9(7,8)6-3-2-5-4-6;2*1-5(2,3)4;;/h4-9,12,15,20H,3,10-11H2,1-2H3,(H,18,22);4-7,12,15H,3,8-9H2,1-2H3,(H2,14,17,18);9-10H,7-8H2,1-6H3,(H,13,17);3-6,11,14H,2,7-8,13H2,1H3;5-8H,4H2,1-3H3,(H,11,14);6-7H,4-5H2,1-3H3,(H2,10,11,14);5,7H,4H2,1-3H3;2-4H,1H3,(H,7,8);1H3;1H3,(H4,2,3,4);;/q;;;;;-2;;;;;;.